The zero-order valence-corrected chi connectivity index (χ0v) is 10.2. The molecule has 1 heterocycles. The summed E-state index contributed by atoms with van der Waals surface area (Å²) in [6.07, 6.45) is 8.71. The van der Waals surface area contributed by atoms with E-state index in [4.69, 9.17) is 5.73 Å². The van der Waals surface area contributed by atoms with Crippen molar-refractivity contribution in [1.82, 2.24) is 4.98 Å². The van der Waals surface area contributed by atoms with Crippen LogP contribution in [0, 0.1) is 6.92 Å². The van der Waals surface area contributed by atoms with Crippen molar-refractivity contribution in [2.75, 3.05) is 11.9 Å². The molecule has 0 aliphatic heterocycles. The van der Waals surface area contributed by atoms with Gasteiger partial charge in [0.05, 0.1) is 0 Å². The Bertz CT molecular complexity index is 351. The zero-order valence-electron chi connectivity index (χ0n) is 10.2. The maximum Gasteiger partial charge on any atom is 0.0437 e. The van der Waals surface area contributed by atoms with E-state index < -0.39 is 0 Å². The lowest BCUT2D eigenvalue weighted by Crippen LogP contribution is -2.48. The van der Waals surface area contributed by atoms with Crippen molar-refractivity contribution in [3.63, 3.8) is 0 Å². The minimum Gasteiger partial charge on any atom is -0.370 e. The van der Waals surface area contributed by atoms with E-state index in [2.05, 4.69) is 29.9 Å². The first-order valence-corrected chi connectivity index (χ1v) is 6.09. The molecule has 3 heteroatoms. The molecule has 1 aromatic heterocycles. The van der Waals surface area contributed by atoms with Crippen LogP contribution in [0.5, 0.6) is 0 Å². The molecule has 0 spiro atoms. The average molecular weight is 219 g/mol. The number of hydrogen-bond acceptors (Lipinski definition) is 3. The monoisotopic (exact) mass is 219 g/mol. The summed E-state index contributed by atoms with van der Waals surface area (Å²) >= 11 is 0. The smallest absolute Gasteiger partial charge is 0.0437 e. The Labute approximate surface area is 97.7 Å². The highest BCUT2D eigenvalue weighted by Gasteiger charge is 2.26. The molecule has 2 N–H and O–H groups in total. The number of nitrogens with zero attached hydrogens (tertiary/aromatic N) is 2. The SMILES string of the molecule is Cc1cnccc1N(C)C1CCCCC1N. The summed E-state index contributed by atoms with van der Waals surface area (Å²) in [4.78, 5) is 6.47. The number of anilines is 1. The van der Waals surface area contributed by atoms with E-state index in [9.17, 15) is 0 Å². The third-order valence-electron chi connectivity index (χ3n) is 3.65. The fourth-order valence-electron chi connectivity index (χ4n) is 2.66. The summed E-state index contributed by atoms with van der Waals surface area (Å²) in [5.74, 6) is 0. The van der Waals surface area contributed by atoms with Gasteiger partial charge in [0.15, 0.2) is 0 Å². The van der Waals surface area contributed by atoms with Gasteiger partial charge in [0.2, 0.25) is 0 Å². The molecule has 0 saturated heterocycles. The molecular formula is C13H21N3. The first-order chi connectivity index (χ1) is 7.70. The maximum absolute atomic E-state index is 6.21. The van der Waals surface area contributed by atoms with Gasteiger partial charge in [-0.15, -0.1) is 0 Å². The molecule has 1 aromatic rings. The Balaban J connectivity index is 2.17. The predicted octanol–water partition coefficient (Wildman–Crippen LogP) is 2.10. The highest BCUT2D eigenvalue weighted by molar-refractivity contribution is 5.52. The summed E-state index contributed by atoms with van der Waals surface area (Å²) in [5, 5.41) is 0. The van der Waals surface area contributed by atoms with E-state index in [1.165, 1.54) is 30.5 Å². The molecule has 88 valence electrons. The van der Waals surface area contributed by atoms with E-state index in [1.54, 1.807) is 0 Å². The highest BCUT2D eigenvalue weighted by Crippen LogP contribution is 2.26. The second-order valence-electron chi connectivity index (χ2n) is 4.79. The summed E-state index contributed by atoms with van der Waals surface area (Å²) in [6.45, 7) is 2.10. The minimum atomic E-state index is 0.311. The van der Waals surface area contributed by atoms with Crippen LogP contribution in [0.15, 0.2) is 18.5 Å². The average Bonchev–Trinajstić information content (AvgIpc) is 2.29. The van der Waals surface area contributed by atoms with Crippen molar-refractivity contribution in [2.45, 2.75) is 44.7 Å². The number of aryl methyl sites for hydroxylation is 1. The Morgan fingerprint density at radius 2 is 2.12 bits per heavy atom. The van der Waals surface area contributed by atoms with E-state index in [-0.39, 0.29) is 0 Å². The van der Waals surface area contributed by atoms with Gasteiger partial charge in [0, 0.05) is 37.2 Å². The summed E-state index contributed by atoms with van der Waals surface area (Å²) in [5.41, 5.74) is 8.70. The van der Waals surface area contributed by atoms with Crippen LogP contribution in [-0.2, 0) is 0 Å². The van der Waals surface area contributed by atoms with Gasteiger partial charge in [-0.1, -0.05) is 12.8 Å². The third-order valence-corrected chi connectivity index (χ3v) is 3.65. The molecule has 0 aromatic carbocycles. The molecule has 3 nitrogen and oxygen atoms in total. The molecule has 1 saturated carbocycles. The number of hydrogen-bond donors (Lipinski definition) is 1. The maximum atomic E-state index is 6.21. The Morgan fingerprint density at radius 1 is 1.38 bits per heavy atom. The second kappa shape index (κ2) is 4.83. The molecule has 2 atom stereocenters. The number of rotatable bonds is 2. The van der Waals surface area contributed by atoms with Gasteiger partial charge < -0.3 is 10.6 Å². The highest BCUT2D eigenvalue weighted by atomic mass is 15.2. The van der Waals surface area contributed by atoms with Crippen molar-refractivity contribution in [3.05, 3.63) is 24.0 Å². The summed E-state index contributed by atoms with van der Waals surface area (Å²) in [7, 11) is 2.15. The van der Waals surface area contributed by atoms with Gasteiger partial charge in [0.25, 0.3) is 0 Å². The lowest BCUT2D eigenvalue weighted by molar-refractivity contribution is 0.373. The molecule has 0 radical (unpaired) electrons. The Morgan fingerprint density at radius 3 is 2.81 bits per heavy atom. The van der Waals surface area contributed by atoms with Crippen molar-refractivity contribution in [3.8, 4) is 0 Å². The summed E-state index contributed by atoms with van der Waals surface area (Å²) < 4.78 is 0. The molecular weight excluding hydrogens is 198 g/mol. The molecule has 2 unspecified atom stereocenters. The van der Waals surface area contributed by atoms with Crippen LogP contribution >= 0.6 is 0 Å². The van der Waals surface area contributed by atoms with Gasteiger partial charge >= 0.3 is 0 Å². The predicted molar refractivity (Wildman–Crippen MR) is 67.6 cm³/mol. The Kier molecular flexibility index (Phi) is 3.44. The number of pyridine rings is 1. The van der Waals surface area contributed by atoms with Crippen LogP contribution in [0.4, 0.5) is 5.69 Å². The van der Waals surface area contributed by atoms with Crippen molar-refractivity contribution >= 4 is 5.69 Å². The zero-order chi connectivity index (χ0) is 11.5. The van der Waals surface area contributed by atoms with Gasteiger partial charge in [-0.2, -0.15) is 0 Å². The molecule has 1 fully saturated rings. The van der Waals surface area contributed by atoms with Crippen molar-refractivity contribution < 1.29 is 0 Å². The van der Waals surface area contributed by atoms with Gasteiger partial charge in [-0.05, 0) is 31.4 Å². The quantitative estimate of drug-likeness (QED) is 0.828. The largest absolute Gasteiger partial charge is 0.370 e. The van der Waals surface area contributed by atoms with Crippen LogP contribution < -0.4 is 10.6 Å². The Hall–Kier alpha value is -1.09. The van der Waals surface area contributed by atoms with E-state index in [0.717, 1.165) is 6.42 Å². The first kappa shape index (κ1) is 11.4. The fraction of sp³-hybridized carbons (Fsp3) is 0.615. The molecule has 16 heavy (non-hydrogen) atoms. The van der Waals surface area contributed by atoms with E-state index in [0.29, 0.717) is 12.1 Å². The number of likely N-dealkylation sites (N-methyl/N-ethyl adjacent to an activating group) is 1. The molecule has 0 bridgehead atoms. The van der Waals surface area contributed by atoms with Crippen molar-refractivity contribution in [2.24, 2.45) is 5.73 Å². The van der Waals surface area contributed by atoms with Crippen LogP contribution in [-0.4, -0.2) is 24.1 Å². The third kappa shape index (κ3) is 2.19. The topological polar surface area (TPSA) is 42.2 Å². The number of nitrogens with two attached hydrogens (primary N) is 1. The van der Waals surface area contributed by atoms with Gasteiger partial charge in [-0.25, -0.2) is 0 Å². The van der Waals surface area contributed by atoms with Gasteiger partial charge in [-0.3, -0.25) is 4.98 Å². The minimum absolute atomic E-state index is 0.311. The van der Waals surface area contributed by atoms with Crippen LogP contribution in [0.25, 0.3) is 0 Å². The van der Waals surface area contributed by atoms with Gasteiger partial charge in [0.1, 0.15) is 0 Å². The fourth-order valence-corrected chi connectivity index (χ4v) is 2.66. The summed E-state index contributed by atoms with van der Waals surface area (Å²) in [6, 6.07) is 2.87. The van der Waals surface area contributed by atoms with E-state index >= 15 is 0 Å². The lowest BCUT2D eigenvalue weighted by Gasteiger charge is -2.38. The molecule has 0 amide bonds. The van der Waals surface area contributed by atoms with Crippen LogP contribution in [0.2, 0.25) is 0 Å². The second-order valence-corrected chi connectivity index (χ2v) is 4.79. The van der Waals surface area contributed by atoms with E-state index in [1.807, 2.05) is 12.4 Å². The first-order valence-electron chi connectivity index (χ1n) is 6.09. The van der Waals surface area contributed by atoms with Crippen LogP contribution in [0.1, 0.15) is 31.2 Å². The normalized spacial score (nSPS) is 25.4. The standard InChI is InChI=1S/C13H21N3/c1-10-9-15-8-7-12(10)16(2)13-6-4-3-5-11(13)14/h7-9,11,13H,3-6,14H2,1-2H3. The molecule has 1 aliphatic rings. The number of aromatic nitrogens is 1. The van der Waals surface area contributed by atoms with Crippen LogP contribution in [0.3, 0.4) is 0 Å². The molecule has 1 aliphatic carbocycles. The van der Waals surface area contributed by atoms with Crippen molar-refractivity contribution in [1.29, 1.82) is 0 Å². The lowest BCUT2D eigenvalue weighted by atomic mass is 9.89. The molecule has 2 rings (SSSR count).